The first-order chi connectivity index (χ1) is 7.81. The second kappa shape index (κ2) is 13.8. The van der Waals surface area contributed by atoms with Crippen molar-refractivity contribution < 1.29 is 0 Å². The van der Waals surface area contributed by atoms with Crippen LogP contribution in [0.3, 0.4) is 0 Å². The van der Waals surface area contributed by atoms with Gasteiger partial charge in [-0.25, -0.2) is 3.11 Å². The molecule has 0 fully saturated rings. The van der Waals surface area contributed by atoms with E-state index >= 15 is 0 Å². The highest BCUT2D eigenvalue weighted by Gasteiger charge is 1.99. The Bertz CT molecular complexity index is 114. The number of hydrogen-bond acceptors (Lipinski definition) is 1. The Kier molecular flexibility index (Phi) is 14.3. The predicted octanol–water partition coefficient (Wildman–Crippen LogP) is 5.58. The van der Waals surface area contributed by atoms with Crippen LogP contribution in [0.1, 0.15) is 78.1 Å². The van der Waals surface area contributed by atoms with E-state index in [1.54, 1.807) is 0 Å². The fourth-order valence-corrected chi connectivity index (χ4v) is 2.57. The lowest BCUT2D eigenvalue weighted by molar-refractivity contribution is 0.453. The predicted molar refractivity (Wildman–Crippen MR) is 83.1 cm³/mol. The maximum Gasteiger partial charge on any atom is 0.0201 e. The van der Waals surface area contributed by atoms with E-state index in [9.17, 15) is 0 Å². The quantitative estimate of drug-likeness (QED) is 0.255. The van der Waals surface area contributed by atoms with E-state index in [-0.39, 0.29) is 0 Å². The van der Waals surface area contributed by atoms with Crippen LogP contribution >= 0.6 is 22.9 Å². The van der Waals surface area contributed by atoms with Gasteiger partial charge in [-0.05, 0) is 12.8 Å². The topological polar surface area (TPSA) is 3.24 Å². The van der Waals surface area contributed by atoms with Crippen molar-refractivity contribution in [3.63, 3.8) is 0 Å². The fourth-order valence-electron chi connectivity index (χ4n) is 1.89. The van der Waals surface area contributed by atoms with E-state index < -0.39 is 0 Å². The maximum atomic E-state index is 2.50. The van der Waals surface area contributed by atoms with Gasteiger partial charge in [-0.15, -0.1) is 0 Å². The molecule has 0 N–H and O–H groups in total. The molecule has 98 valence electrons. The van der Waals surface area contributed by atoms with Crippen LogP contribution in [0.5, 0.6) is 0 Å². The minimum atomic E-state index is 1.29. The van der Waals surface area contributed by atoms with E-state index in [0.717, 1.165) is 0 Å². The molecule has 0 saturated carbocycles. The highest BCUT2D eigenvalue weighted by atomic mass is 127. The average molecular weight is 339 g/mol. The zero-order valence-corrected chi connectivity index (χ0v) is 13.5. The van der Waals surface area contributed by atoms with Crippen molar-refractivity contribution in [2.75, 3.05) is 13.1 Å². The molecular formula is C14H30IN. The zero-order chi connectivity index (χ0) is 12.1. The monoisotopic (exact) mass is 339 g/mol. The van der Waals surface area contributed by atoms with Crippen molar-refractivity contribution in [3.05, 3.63) is 0 Å². The molecule has 0 aromatic carbocycles. The molecule has 0 heterocycles. The molecule has 0 unspecified atom stereocenters. The summed E-state index contributed by atoms with van der Waals surface area (Å²) < 4.78 is 2.48. The Labute approximate surface area is 117 Å². The number of halogens is 1. The van der Waals surface area contributed by atoms with Gasteiger partial charge in [0.2, 0.25) is 0 Å². The lowest BCUT2D eigenvalue weighted by Crippen LogP contribution is -2.14. The van der Waals surface area contributed by atoms with Crippen LogP contribution in [0.25, 0.3) is 0 Å². The second-order valence-corrected chi connectivity index (χ2v) is 6.10. The van der Waals surface area contributed by atoms with Gasteiger partial charge in [0.05, 0.1) is 0 Å². The van der Waals surface area contributed by atoms with Crippen molar-refractivity contribution >= 4 is 22.9 Å². The first-order valence-electron chi connectivity index (χ1n) is 7.22. The highest BCUT2D eigenvalue weighted by Crippen LogP contribution is 2.09. The Morgan fingerprint density at radius 3 is 1.38 bits per heavy atom. The third kappa shape index (κ3) is 12.8. The van der Waals surface area contributed by atoms with Gasteiger partial charge in [-0.2, -0.15) is 0 Å². The molecule has 0 rings (SSSR count). The maximum absolute atomic E-state index is 2.50. The summed E-state index contributed by atoms with van der Waals surface area (Å²) in [6.07, 6.45) is 14.0. The molecule has 0 aromatic heterocycles. The highest BCUT2D eigenvalue weighted by molar-refractivity contribution is 14.1. The summed E-state index contributed by atoms with van der Waals surface area (Å²) in [6.45, 7) is 7.14. The standard InChI is InChI=1S/C14H30IN/c1-3-5-7-9-11-13-16(15)14-12-10-8-6-4-2/h3-14H2,1-2H3. The van der Waals surface area contributed by atoms with Crippen LogP contribution < -0.4 is 0 Å². The molecular weight excluding hydrogens is 309 g/mol. The van der Waals surface area contributed by atoms with Crippen molar-refractivity contribution in [1.29, 1.82) is 0 Å². The van der Waals surface area contributed by atoms with Gasteiger partial charge in [0.1, 0.15) is 0 Å². The molecule has 0 aliphatic heterocycles. The van der Waals surface area contributed by atoms with Gasteiger partial charge in [0.15, 0.2) is 0 Å². The number of nitrogens with zero attached hydrogens (tertiary/aromatic N) is 1. The van der Waals surface area contributed by atoms with Crippen molar-refractivity contribution in [2.24, 2.45) is 0 Å². The average Bonchev–Trinajstić information content (AvgIpc) is 2.28. The summed E-state index contributed by atoms with van der Waals surface area (Å²) in [5.41, 5.74) is 0. The molecule has 1 nitrogen and oxygen atoms in total. The van der Waals surface area contributed by atoms with E-state index in [1.165, 1.54) is 77.3 Å². The first-order valence-corrected chi connectivity index (χ1v) is 8.18. The number of hydrogen-bond donors (Lipinski definition) is 0. The number of unbranched alkanes of at least 4 members (excludes halogenated alkanes) is 8. The fraction of sp³-hybridized carbons (Fsp3) is 1.00. The number of rotatable bonds is 12. The largest absolute Gasteiger partial charge is 0.248 e. The molecule has 0 spiro atoms. The molecule has 0 aromatic rings. The van der Waals surface area contributed by atoms with Crippen LogP contribution in [0.4, 0.5) is 0 Å². The smallest absolute Gasteiger partial charge is 0.0201 e. The van der Waals surface area contributed by atoms with Crippen molar-refractivity contribution in [1.82, 2.24) is 3.11 Å². The summed E-state index contributed by atoms with van der Waals surface area (Å²) in [7, 11) is 0. The summed E-state index contributed by atoms with van der Waals surface area (Å²) in [5.74, 6) is 0. The SMILES string of the molecule is CCCCCCCN(I)CCCCCCC. The normalized spacial score (nSPS) is 11.2. The summed E-state index contributed by atoms with van der Waals surface area (Å²) in [6, 6.07) is 0. The lowest BCUT2D eigenvalue weighted by atomic mass is 10.1. The minimum Gasteiger partial charge on any atom is -0.248 e. The van der Waals surface area contributed by atoms with E-state index in [1.807, 2.05) is 0 Å². The van der Waals surface area contributed by atoms with Gasteiger partial charge in [-0.3, -0.25) is 0 Å². The summed E-state index contributed by atoms with van der Waals surface area (Å²) >= 11 is 2.50. The molecule has 0 saturated heterocycles. The van der Waals surface area contributed by atoms with E-state index in [2.05, 4.69) is 39.8 Å². The zero-order valence-electron chi connectivity index (χ0n) is 11.3. The molecule has 0 aliphatic rings. The molecule has 16 heavy (non-hydrogen) atoms. The van der Waals surface area contributed by atoms with Crippen LogP contribution in [-0.4, -0.2) is 16.2 Å². The van der Waals surface area contributed by atoms with Crippen molar-refractivity contribution in [2.45, 2.75) is 78.1 Å². The Balaban J connectivity index is 3.09. The van der Waals surface area contributed by atoms with Gasteiger partial charge >= 0.3 is 0 Å². The third-order valence-corrected chi connectivity index (χ3v) is 3.97. The van der Waals surface area contributed by atoms with E-state index in [0.29, 0.717) is 0 Å². The molecule has 0 aliphatic carbocycles. The van der Waals surface area contributed by atoms with Gasteiger partial charge in [0.25, 0.3) is 0 Å². The van der Waals surface area contributed by atoms with Gasteiger partial charge < -0.3 is 0 Å². The molecule has 0 atom stereocenters. The Morgan fingerprint density at radius 1 is 0.625 bits per heavy atom. The summed E-state index contributed by atoms with van der Waals surface area (Å²) in [5, 5.41) is 0. The van der Waals surface area contributed by atoms with Crippen LogP contribution in [0, 0.1) is 0 Å². The molecule has 0 bridgehead atoms. The van der Waals surface area contributed by atoms with Gasteiger partial charge in [0, 0.05) is 36.0 Å². The van der Waals surface area contributed by atoms with Crippen LogP contribution in [-0.2, 0) is 0 Å². The first kappa shape index (κ1) is 16.7. The Hall–Kier alpha value is 0.690. The third-order valence-electron chi connectivity index (χ3n) is 3.01. The van der Waals surface area contributed by atoms with Gasteiger partial charge in [-0.1, -0.05) is 65.2 Å². The molecule has 0 radical (unpaired) electrons. The van der Waals surface area contributed by atoms with Crippen molar-refractivity contribution in [3.8, 4) is 0 Å². The van der Waals surface area contributed by atoms with E-state index in [4.69, 9.17) is 0 Å². The molecule has 0 amide bonds. The van der Waals surface area contributed by atoms with Crippen LogP contribution in [0.15, 0.2) is 0 Å². The minimum absolute atomic E-state index is 1.29. The summed E-state index contributed by atoms with van der Waals surface area (Å²) in [4.78, 5) is 0. The second-order valence-electron chi connectivity index (χ2n) is 4.74. The lowest BCUT2D eigenvalue weighted by Gasteiger charge is -2.13. The Morgan fingerprint density at radius 2 is 1.00 bits per heavy atom. The van der Waals surface area contributed by atoms with Crippen LogP contribution in [0.2, 0.25) is 0 Å². The molecule has 2 heteroatoms.